The molecule has 8 nitrogen and oxygen atoms in total. The van der Waals surface area contributed by atoms with Gasteiger partial charge in [-0.25, -0.2) is 4.79 Å². The molecule has 0 radical (unpaired) electrons. The van der Waals surface area contributed by atoms with Crippen molar-refractivity contribution in [2.24, 2.45) is 4.99 Å². The number of nitrogens with one attached hydrogen (secondary N) is 1. The fraction of sp³-hybridized carbons (Fsp3) is 0.667. The van der Waals surface area contributed by atoms with E-state index >= 15 is 0 Å². The Morgan fingerprint density at radius 1 is 1.38 bits per heavy atom. The number of hydrogen-bond donors (Lipinski definition) is 1. The van der Waals surface area contributed by atoms with E-state index in [1.54, 1.807) is 20.0 Å². The Morgan fingerprint density at radius 2 is 2.15 bits per heavy atom. The van der Waals surface area contributed by atoms with E-state index in [-0.39, 0.29) is 5.97 Å². The molecule has 0 saturated carbocycles. The second-order valence-electron chi connectivity index (χ2n) is 6.61. The molecule has 26 heavy (non-hydrogen) atoms. The molecule has 8 heteroatoms. The minimum absolute atomic E-state index is 0.380. The monoisotopic (exact) mass is 364 g/mol. The van der Waals surface area contributed by atoms with Crippen molar-refractivity contribution < 1.29 is 18.7 Å². The van der Waals surface area contributed by atoms with Gasteiger partial charge in [0.1, 0.15) is 17.1 Å². The predicted molar refractivity (Wildman–Crippen MR) is 97.4 cm³/mol. The average molecular weight is 364 g/mol. The molecule has 0 spiro atoms. The first kappa shape index (κ1) is 18.7. The van der Waals surface area contributed by atoms with Crippen LogP contribution in [0.1, 0.15) is 28.3 Å². The average Bonchev–Trinajstić information content (AvgIpc) is 3.30. The number of methoxy groups -OCH3 is 1. The van der Waals surface area contributed by atoms with Crippen molar-refractivity contribution in [1.29, 1.82) is 0 Å². The number of rotatable bonds is 4. The summed E-state index contributed by atoms with van der Waals surface area (Å²) in [7, 11) is 3.16. The van der Waals surface area contributed by atoms with E-state index in [4.69, 9.17) is 13.9 Å². The number of ether oxygens (including phenoxy) is 2. The van der Waals surface area contributed by atoms with Crippen LogP contribution in [-0.2, 0) is 16.0 Å². The minimum atomic E-state index is -0.380. The third-order valence-corrected chi connectivity index (χ3v) is 5.03. The number of carbonyl (C=O) groups excluding carboxylic acids is 1. The minimum Gasteiger partial charge on any atom is -0.465 e. The van der Waals surface area contributed by atoms with Crippen LogP contribution in [0.2, 0.25) is 0 Å². The molecule has 1 aromatic rings. The van der Waals surface area contributed by atoms with Gasteiger partial charge >= 0.3 is 5.97 Å². The Hall–Kier alpha value is -2.06. The number of hydrogen-bond acceptors (Lipinski definition) is 6. The quantitative estimate of drug-likeness (QED) is 0.482. The smallest absolute Gasteiger partial charge is 0.341 e. The van der Waals surface area contributed by atoms with E-state index < -0.39 is 0 Å². The van der Waals surface area contributed by atoms with Gasteiger partial charge in [0, 0.05) is 39.3 Å². The number of nitrogens with zero attached hydrogens (tertiary/aromatic N) is 3. The van der Waals surface area contributed by atoms with Crippen molar-refractivity contribution in [1.82, 2.24) is 15.1 Å². The Morgan fingerprint density at radius 3 is 2.85 bits per heavy atom. The summed E-state index contributed by atoms with van der Waals surface area (Å²) in [4.78, 5) is 20.9. The summed E-state index contributed by atoms with van der Waals surface area (Å²) >= 11 is 0. The summed E-state index contributed by atoms with van der Waals surface area (Å²) < 4.78 is 15.9. The maximum absolute atomic E-state index is 11.7. The fourth-order valence-corrected chi connectivity index (χ4v) is 3.62. The number of guanidine groups is 1. The van der Waals surface area contributed by atoms with Gasteiger partial charge in [0.05, 0.1) is 26.9 Å². The maximum atomic E-state index is 11.7. The van der Waals surface area contributed by atoms with Crippen LogP contribution in [0.15, 0.2) is 15.5 Å². The molecule has 3 heterocycles. The third-order valence-electron chi connectivity index (χ3n) is 5.03. The molecule has 2 fully saturated rings. The lowest BCUT2D eigenvalue weighted by molar-refractivity contribution is 0.0195. The highest BCUT2D eigenvalue weighted by Gasteiger charge is 2.30. The number of carbonyl (C=O) groups is 1. The highest BCUT2D eigenvalue weighted by molar-refractivity contribution is 5.90. The van der Waals surface area contributed by atoms with Crippen molar-refractivity contribution in [2.75, 3.05) is 53.6 Å². The summed E-state index contributed by atoms with van der Waals surface area (Å²) in [5.74, 6) is 1.73. The summed E-state index contributed by atoms with van der Waals surface area (Å²) in [6.45, 7) is 7.84. The first-order chi connectivity index (χ1) is 12.6. The normalized spacial score (nSPS) is 21.9. The van der Waals surface area contributed by atoms with Crippen LogP contribution in [0.3, 0.4) is 0 Å². The maximum Gasteiger partial charge on any atom is 0.341 e. The second-order valence-corrected chi connectivity index (χ2v) is 6.61. The van der Waals surface area contributed by atoms with Crippen LogP contribution in [0.4, 0.5) is 0 Å². The lowest BCUT2D eigenvalue weighted by Gasteiger charge is -2.32. The van der Waals surface area contributed by atoms with E-state index in [1.807, 2.05) is 0 Å². The van der Waals surface area contributed by atoms with Crippen LogP contribution in [0, 0.1) is 6.92 Å². The number of esters is 1. The van der Waals surface area contributed by atoms with Crippen molar-refractivity contribution in [3.05, 3.63) is 23.2 Å². The van der Waals surface area contributed by atoms with Gasteiger partial charge < -0.3 is 24.1 Å². The van der Waals surface area contributed by atoms with E-state index in [0.29, 0.717) is 29.7 Å². The molecule has 1 N–H and O–H groups in total. The molecule has 3 rings (SSSR count). The summed E-state index contributed by atoms with van der Waals surface area (Å²) in [5.41, 5.74) is 0.466. The van der Waals surface area contributed by atoms with Crippen molar-refractivity contribution in [2.45, 2.75) is 25.9 Å². The van der Waals surface area contributed by atoms with Gasteiger partial charge in [-0.2, -0.15) is 0 Å². The fourth-order valence-electron chi connectivity index (χ4n) is 3.62. The van der Waals surface area contributed by atoms with Gasteiger partial charge in [0.15, 0.2) is 5.96 Å². The molecular weight excluding hydrogens is 336 g/mol. The lowest BCUT2D eigenvalue weighted by Crippen LogP contribution is -2.46. The zero-order valence-corrected chi connectivity index (χ0v) is 15.8. The van der Waals surface area contributed by atoms with Gasteiger partial charge in [-0.3, -0.25) is 9.89 Å². The highest BCUT2D eigenvalue weighted by atomic mass is 16.5. The van der Waals surface area contributed by atoms with Gasteiger partial charge in [-0.05, 0) is 19.4 Å². The Balaban J connectivity index is 1.54. The molecule has 2 aliphatic heterocycles. The molecule has 0 aromatic carbocycles. The Labute approximate surface area is 154 Å². The number of likely N-dealkylation sites (tertiary alicyclic amines) is 1. The second kappa shape index (κ2) is 8.55. The van der Waals surface area contributed by atoms with Crippen molar-refractivity contribution >= 4 is 11.9 Å². The highest BCUT2D eigenvalue weighted by Crippen LogP contribution is 2.18. The standard InChI is InChI=1S/C18H28N4O4/c1-13-16(17(23)24-3)10-15(26-13)11-20-18(19-2)22-5-4-14(12-22)21-6-8-25-9-7-21/h10,14H,4-9,11-12H2,1-3H3,(H,19,20). The van der Waals surface area contributed by atoms with Crippen LogP contribution in [0.25, 0.3) is 0 Å². The summed E-state index contributed by atoms with van der Waals surface area (Å²) in [6.07, 6.45) is 1.13. The van der Waals surface area contributed by atoms with Crippen molar-refractivity contribution in [3.8, 4) is 0 Å². The number of furan rings is 1. The number of aryl methyl sites for hydroxylation is 1. The van der Waals surface area contributed by atoms with E-state index in [2.05, 4.69) is 20.1 Å². The Kier molecular flexibility index (Phi) is 6.16. The van der Waals surface area contributed by atoms with Crippen LogP contribution < -0.4 is 5.32 Å². The van der Waals surface area contributed by atoms with Gasteiger partial charge in [0.2, 0.25) is 0 Å². The van der Waals surface area contributed by atoms with E-state index in [0.717, 1.165) is 51.8 Å². The zero-order chi connectivity index (χ0) is 18.5. The number of aliphatic imine (C=N–C) groups is 1. The molecular formula is C18H28N4O4. The third kappa shape index (κ3) is 4.19. The molecule has 0 amide bonds. The molecule has 2 saturated heterocycles. The molecule has 2 aliphatic rings. The molecule has 144 valence electrons. The molecule has 1 unspecified atom stereocenters. The topological polar surface area (TPSA) is 79.5 Å². The van der Waals surface area contributed by atoms with Crippen molar-refractivity contribution in [3.63, 3.8) is 0 Å². The van der Waals surface area contributed by atoms with E-state index in [1.165, 1.54) is 7.11 Å². The van der Waals surface area contributed by atoms with Gasteiger partial charge in [-0.15, -0.1) is 0 Å². The van der Waals surface area contributed by atoms with Gasteiger partial charge in [-0.1, -0.05) is 0 Å². The molecule has 1 atom stereocenters. The predicted octanol–water partition coefficient (Wildman–Crippen LogP) is 0.857. The molecule has 1 aromatic heterocycles. The number of morpholine rings is 1. The largest absolute Gasteiger partial charge is 0.465 e. The van der Waals surface area contributed by atoms with Crippen LogP contribution in [0.5, 0.6) is 0 Å². The SMILES string of the molecule is CN=C(NCc1cc(C(=O)OC)c(C)o1)N1CCC(N2CCOCC2)C1. The van der Waals surface area contributed by atoms with Crippen LogP contribution >= 0.6 is 0 Å². The lowest BCUT2D eigenvalue weighted by atomic mass is 10.2. The summed E-state index contributed by atoms with van der Waals surface area (Å²) in [5, 5.41) is 3.34. The first-order valence-electron chi connectivity index (χ1n) is 9.07. The van der Waals surface area contributed by atoms with Gasteiger partial charge in [0.25, 0.3) is 0 Å². The molecule has 0 aliphatic carbocycles. The summed E-state index contributed by atoms with van der Waals surface area (Å²) in [6, 6.07) is 2.27. The zero-order valence-electron chi connectivity index (χ0n) is 15.8. The first-order valence-corrected chi connectivity index (χ1v) is 9.07. The van der Waals surface area contributed by atoms with E-state index in [9.17, 15) is 4.79 Å². The molecule has 0 bridgehead atoms. The Bertz CT molecular complexity index is 652. The van der Waals surface area contributed by atoms with Crippen LogP contribution in [-0.4, -0.2) is 81.3 Å².